The molecule has 1 unspecified atom stereocenters. The van der Waals surface area contributed by atoms with Crippen LogP contribution in [0.1, 0.15) is 54.4 Å². The number of fused-ring (bicyclic) bond motifs is 1. The number of amides is 1. The van der Waals surface area contributed by atoms with Gasteiger partial charge in [-0.1, -0.05) is 6.07 Å². The maximum absolute atomic E-state index is 12.7. The van der Waals surface area contributed by atoms with Crippen LogP contribution in [0, 0.1) is 25.2 Å². The molecule has 0 saturated heterocycles. The average Bonchev–Trinajstić information content (AvgIpc) is 3.31. The van der Waals surface area contributed by atoms with Crippen LogP contribution in [0.2, 0.25) is 0 Å². The normalized spacial score (nSPS) is 16.6. The lowest BCUT2D eigenvalue weighted by Gasteiger charge is -2.14. The molecule has 1 atom stereocenters. The number of aromatic nitrogens is 1. The number of aryl methyl sites for hydroxylation is 1. The highest BCUT2D eigenvalue weighted by atomic mass is 16.7. The van der Waals surface area contributed by atoms with Crippen molar-refractivity contribution in [2.24, 2.45) is 0 Å². The Morgan fingerprint density at radius 2 is 2.04 bits per heavy atom. The Morgan fingerprint density at radius 1 is 1.29 bits per heavy atom. The quantitative estimate of drug-likeness (QED) is 0.632. The molecule has 144 valence electrons. The molecule has 1 amide bonds. The number of hydrogen-bond acceptors (Lipinski definition) is 4. The SMILES string of the molecule is Cc1cc(/C=C(\C#N)C(=O)NC(C)c2ccc3c(c2)OCO3)c(C)n1C1CC1. The minimum atomic E-state index is -0.385. The molecule has 1 aromatic heterocycles. The first-order valence-electron chi connectivity index (χ1n) is 9.48. The third kappa shape index (κ3) is 3.36. The lowest BCUT2D eigenvalue weighted by Crippen LogP contribution is -2.27. The van der Waals surface area contributed by atoms with Gasteiger partial charge in [0.2, 0.25) is 6.79 Å². The van der Waals surface area contributed by atoms with Crippen LogP contribution in [0.5, 0.6) is 11.5 Å². The first-order chi connectivity index (χ1) is 13.5. The van der Waals surface area contributed by atoms with E-state index in [-0.39, 0.29) is 24.3 Å². The Morgan fingerprint density at radius 3 is 2.75 bits per heavy atom. The number of carbonyl (C=O) groups is 1. The van der Waals surface area contributed by atoms with Gasteiger partial charge in [-0.05, 0) is 69.0 Å². The first-order valence-corrected chi connectivity index (χ1v) is 9.48. The molecule has 2 aliphatic rings. The largest absolute Gasteiger partial charge is 0.454 e. The van der Waals surface area contributed by atoms with Crippen molar-refractivity contribution >= 4 is 12.0 Å². The van der Waals surface area contributed by atoms with E-state index in [0.717, 1.165) is 22.5 Å². The van der Waals surface area contributed by atoms with Gasteiger partial charge in [-0.2, -0.15) is 5.26 Å². The Balaban J connectivity index is 1.52. The van der Waals surface area contributed by atoms with Gasteiger partial charge in [-0.3, -0.25) is 4.79 Å². The zero-order chi connectivity index (χ0) is 19.8. The van der Waals surface area contributed by atoms with Gasteiger partial charge in [-0.15, -0.1) is 0 Å². The summed E-state index contributed by atoms with van der Waals surface area (Å²) in [5, 5.41) is 12.4. The molecule has 1 aliphatic carbocycles. The van der Waals surface area contributed by atoms with Crippen molar-refractivity contribution < 1.29 is 14.3 Å². The van der Waals surface area contributed by atoms with Crippen molar-refractivity contribution in [1.82, 2.24) is 9.88 Å². The molecule has 1 saturated carbocycles. The summed E-state index contributed by atoms with van der Waals surface area (Å²) in [7, 11) is 0. The van der Waals surface area contributed by atoms with Crippen molar-refractivity contribution in [3.05, 3.63) is 52.4 Å². The molecule has 2 heterocycles. The fraction of sp³-hybridized carbons (Fsp3) is 0.364. The van der Waals surface area contributed by atoms with Crippen molar-refractivity contribution in [2.45, 2.75) is 45.7 Å². The van der Waals surface area contributed by atoms with E-state index >= 15 is 0 Å². The third-order valence-electron chi connectivity index (χ3n) is 5.34. The van der Waals surface area contributed by atoms with Crippen LogP contribution in [0.25, 0.3) is 6.08 Å². The van der Waals surface area contributed by atoms with E-state index in [0.29, 0.717) is 17.5 Å². The molecule has 1 fully saturated rings. The van der Waals surface area contributed by atoms with Crippen molar-refractivity contribution in [3.63, 3.8) is 0 Å². The van der Waals surface area contributed by atoms with Crippen LogP contribution in [0.4, 0.5) is 0 Å². The summed E-state index contributed by atoms with van der Waals surface area (Å²) in [4.78, 5) is 12.7. The number of nitrogens with zero attached hydrogens (tertiary/aromatic N) is 2. The van der Waals surface area contributed by atoms with Crippen molar-refractivity contribution in [3.8, 4) is 17.6 Å². The maximum Gasteiger partial charge on any atom is 0.262 e. The maximum atomic E-state index is 12.7. The van der Waals surface area contributed by atoms with Gasteiger partial charge in [0.1, 0.15) is 11.6 Å². The van der Waals surface area contributed by atoms with Gasteiger partial charge in [0.15, 0.2) is 11.5 Å². The Bertz CT molecular complexity index is 1010. The van der Waals surface area contributed by atoms with Crippen molar-refractivity contribution in [1.29, 1.82) is 5.26 Å². The predicted molar refractivity (Wildman–Crippen MR) is 105 cm³/mol. The lowest BCUT2D eigenvalue weighted by molar-refractivity contribution is -0.117. The van der Waals surface area contributed by atoms with Crippen LogP contribution in [0.15, 0.2) is 29.8 Å². The van der Waals surface area contributed by atoms with Crippen molar-refractivity contribution in [2.75, 3.05) is 6.79 Å². The van der Waals surface area contributed by atoms with Gasteiger partial charge in [-0.25, -0.2) is 0 Å². The summed E-state index contributed by atoms with van der Waals surface area (Å²) >= 11 is 0. The van der Waals surface area contributed by atoms with E-state index in [9.17, 15) is 10.1 Å². The minimum Gasteiger partial charge on any atom is -0.454 e. The second-order valence-corrected chi connectivity index (χ2v) is 7.41. The molecule has 0 spiro atoms. The van der Waals surface area contributed by atoms with Gasteiger partial charge in [0.05, 0.1) is 6.04 Å². The number of nitrogens with one attached hydrogen (secondary N) is 1. The molecule has 1 aliphatic heterocycles. The highest BCUT2D eigenvalue weighted by Gasteiger charge is 2.27. The molecule has 0 bridgehead atoms. The zero-order valence-electron chi connectivity index (χ0n) is 16.3. The smallest absolute Gasteiger partial charge is 0.262 e. The topological polar surface area (TPSA) is 76.3 Å². The average molecular weight is 377 g/mol. The fourth-order valence-electron chi connectivity index (χ4n) is 3.69. The molecule has 1 aromatic carbocycles. The van der Waals surface area contributed by atoms with Gasteiger partial charge < -0.3 is 19.4 Å². The van der Waals surface area contributed by atoms with E-state index in [2.05, 4.69) is 16.8 Å². The summed E-state index contributed by atoms with van der Waals surface area (Å²) in [6.45, 7) is 6.19. The second-order valence-electron chi connectivity index (χ2n) is 7.41. The minimum absolute atomic E-state index is 0.101. The highest BCUT2D eigenvalue weighted by Crippen LogP contribution is 2.38. The molecule has 1 N–H and O–H groups in total. The summed E-state index contributed by atoms with van der Waals surface area (Å²) in [6, 6.07) is 9.95. The molecule has 4 rings (SSSR count). The molecule has 28 heavy (non-hydrogen) atoms. The zero-order valence-corrected chi connectivity index (χ0v) is 16.3. The number of rotatable bonds is 5. The number of ether oxygens (including phenoxy) is 2. The molecule has 6 nitrogen and oxygen atoms in total. The Hall–Kier alpha value is -3.20. The van der Waals surface area contributed by atoms with Gasteiger partial charge in [0.25, 0.3) is 5.91 Å². The third-order valence-corrected chi connectivity index (χ3v) is 5.34. The van der Waals surface area contributed by atoms with E-state index in [1.165, 1.54) is 12.8 Å². The Kier molecular flexibility index (Phi) is 4.60. The van der Waals surface area contributed by atoms with E-state index in [1.54, 1.807) is 6.08 Å². The van der Waals surface area contributed by atoms with Gasteiger partial charge in [0, 0.05) is 17.4 Å². The number of benzene rings is 1. The van der Waals surface area contributed by atoms with Crippen LogP contribution in [-0.2, 0) is 4.79 Å². The van der Waals surface area contributed by atoms with E-state index < -0.39 is 0 Å². The summed E-state index contributed by atoms with van der Waals surface area (Å²) in [6.07, 6.45) is 4.07. The number of nitriles is 1. The van der Waals surface area contributed by atoms with Gasteiger partial charge >= 0.3 is 0 Å². The number of carbonyl (C=O) groups excluding carboxylic acids is 1. The first kappa shape index (κ1) is 18.2. The monoisotopic (exact) mass is 377 g/mol. The van der Waals surface area contributed by atoms with E-state index in [4.69, 9.17) is 9.47 Å². The van der Waals surface area contributed by atoms with Crippen LogP contribution in [-0.4, -0.2) is 17.3 Å². The second kappa shape index (κ2) is 7.08. The Labute approximate surface area is 164 Å². The van der Waals surface area contributed by atoms with E-state index in [1.807, 2.05) is 44.2 Å². The molecule has 0 radical (unpaired) electrons. The lowest BCUT2D eigenvalue weighted by atomic mass is 10.1. The van der Waals surface area contributed by atoms with Crippen LogP contribution >= 0.6 is 0 Å². The summed E-state index contributed by atoms with van der Waals surface area (Å²) in [5.74, 6) is 0.983. The fourth-order valence-corrected chi connectivity index (χ4v) is 3.69. The summed E-state index contributed by atoms with van der Waals surface area (Å²) < 4.78 is 13.0. The summed E-state index contributed by atoms with van der Waals surface area (Å²) in [5.41, 5.74) is 4.18. The number of hydrogen-bond donors (Lipinski definition) is 1. The molecule has 2 aromatic rings. The van der Waals surface area contributed by atoms with Crippen LogP contribution in [0.3, 0.4) is 0 Å². The molecular formula is C22H23N3O3. The van der Waals surface area contributed by atoms with Crippen LogP contribution < -0.4 is 14.8 Å². The standard InChI is InChI=1S/C22H23N3O3/c1-13-8-17(15(3)25(13)19-5-6-19)9-18(11-23)22(26)24-14(2)16-4-7-20-21(10-16)28-12-27-20/h4,7-10,14,19H,5-6,12H2,1-3H3,(H,24,26)/b18-9+. The molecule has 6 heteroatoms. The predicted octanol–water partition coefficient (Wildman–Crippen LogP) is 3.95. The molecular weight excluding hydrogens is 354 g/mol. The highest BCUT2D eigenvalue weighted by molar-refractivity contribution is 6.02.